The molecule has 29 heavy (non-hydrogen) atoms. The molecule has 0 aliphatic carbocycles. The summed E-state index contributed by atoms with van der Waals surface area (Å²) in [5.41, 5.74) is 4.45. The molecule has 0 amide bonds. The number of carboxylic acid groups (broad SMARTS) is 1. The molecule has 3 aromatic carbocycles. The minimum atomic E-state index is -0.753. The Labute approximate surface area is 171 Å². The largest absolute Gasteiger partial charge is 0.497 e. The molecule has 0 bridgehead atoms. The van der Waals surface area contributed by atoms with Crippen LogP contribution in [0.3, 0.4) is 0 Å². The smallest absolute Gasteiger partial charge is 0.320 e. The van der Waals surface area contributed by atoms with E-state index in [1.54, 1.807) is 7.11 Å². The second-order valence-corrected chi connectivity index (χ2v) is 7.40. The Morgan fingerprint density at radius 2 is 1.69 bits per heavy atom. The van der Waals surface area contributed by atoms with Crippen LogP contribution in [0.2, 0.25) is 0 Å². The first-order chi connectivity index (χ1) is 14.2. The van der Waals surface area contributed by atoms with Gasteiger partial charge in [-0.2, -0.15) is 0 Å². The van der Waals surface area contributed by atoms with E-state index in [0.29, 0.717) is 6.42 Å². The van der Waals surface area contributed by atoms with E-state index in [4.69, 9.17) is 4.74 Å². The predicted molar refractivity (Wildman–Crippen MR) is 114 cm³/mol. The zero-order valence-corrected chi connectivity index (χ0v) is 16.5. The number of likely N-dealkylation sites (tertiary alicyclic amines) is 1. The fraction of sp³-hybridized carbons (Fsp3) is 0.240. The predicted octanol–water partition coefficient (Wildman–Crippen LogP) is 5.00. The lowest BCUT2D eigenvalue weighted by atomic mass is 9.94. The molecule has 1 N–H and O–H groups in total. The minimum absolute atomic E-state index is 0.126. The summed E-state index contributed by atoms with van der Waals surface area (Å²) in [6.07, 6.45) is 1.57. The van der Waals surface area contributed by atoms with E-state index in [9.17, 15) is 9.90 Å². The highest BCUT2D eigenvalue weighted by molar-refractivity contribution is 5.74. The molecule has 0 radical (unpaired) electrons. The molecule has 1 heterocycles. The monoisotopic (exact) mass is 387 g/mol. The lowest BCUT2D eigenvalue weighted by Gasteiger charge is -2.32. The van der Waals surface area contributed by atoms with Gasteiger partial charge < -0.3 is 9.84 Å². The van der Waals surface area contributed by atoms with Crippen molar-refractivity contribution in [2.75, 3.05) is 13.7 Å². The number of carboxylic acids is 1. The zero-order valence-electron chi connectivity index (χ0n) is 16.5. The van der Waals surface area contributed by atoms with Crippen molar-refractivity contribution in [3.63, 3.8) is 0 Å². The second kappa shape index (κ2) is 8.50. The summed E-state index contributed by atoms with van der Waals surface area (Å²) in [5.74, 6) is 0.0239. The van der Waals surface area contributed by atoms with Crippen LogP contribution in [0.15, 0.2) is 78.9 Å². The molecule has 0 aromatic heterocycles. The number of aliphatic carboxylic acids is 1. The number of methoxy groups -OCH3 is 1. The highest BCUT2D eigenvalue weighted by atomic mass is 16.5. The molecule has 2 atom stereocenters. The van der Waals surface area contributed by atoms with E-state index >= 15 is 0 Å². The fourth-order valence-electron chi connectivity index (χ4n) is 4.24. The van der Waals surface area contributed by atoms with Crippen molar-refractivity contribution in [3.05, 3.63) is 90.0 Å². The lowest BCUT2D eigenvalue weighted by Crippen LogP contribution is -2.39. The summed E-state index contributed by atoms with van der Waals surface area (Å²) in [6, 6.07) is 26.1. The summed E-state index contributed by atoms with van der Waals surface area (Å²) in [5, 5.41) is 9.75. The first-order valence-electron chi connectivity index (χ1n) is 9.95. The van der Waals surface area contributed by atoms with E-state index in [1.165, 1.54) is 5.56 Å². The van der Waals surface area contributed by atoms with Gasteiger partial charge in [-0.25, -0.2) is 0 Å². The first kappa shape index (κ1) is 19.2. The lowest BCUT2D eigenvalue weighted by molar-refractivity contribution is -0.142. The van der Waals surface area contributed by atoms with Crippen LogP contribution in [0.25, 0.3) is 11.1 Å². The third kappa shape index (κ3) is 4.03. The summed E-state index contributed by atoms with van der Waals surface area (Å²) < 4.78 is 5.42. The summed E-state index contributed by atoms with van der Waals surface area (Å²) in [7, 11) is 1.65. The number of rotatable bonds is 6. The van der Waals surface area contributed by atoms with Gasteiger partial charge in [-0.05, 0) is 47.2 Å². The second-order valence-electron chi connectivity index (χ2n) is 7.40. The molecular formula is C25H25NO3. The maximum Gasteiger partial charge on any atom is 0.320 e. The van der Waals surface area contributed by atoms with Gasteiger partial charge in [0.05, 0.1) is 13.2 Å². The van der Waals surface area contributed by atoms with Gasteiger partial charge in [0.2, 0.25) is 0 Å². The number of hydrogen-bond acceptors (Lipinski definition) is 3. The quantitative estimate of drug-likeness (QED) is 0.647. The highest BCUT2D eigenvalue weighted by Gasteiger charge is 2.36. The third-order valence-corrected chi connectivity index (χ3v) is 5.65. The number of ether oxygens (including phenoxy) is 1. The molecule has 2 unspecified atom stereocenters. The first-order valence-corrected chi connectivity index (χ1v) is 9.95. The number of nitrogens with zero attached hydrogens (tertiary/aromatic N) is 1. The van der Waals surface area contributed by atoms with Gasteiger partial charge in [-0.15, -0.1) is 0 Å². The molecule has 1 aliphatic rings. The molecule has 4 rings (SSSR count). The average molecular weight is 387 g/mol. The number of carbonyl (C=O) groups is 1. The summed E-state index contributed by atoms with van der Waals surface area (Å²) >= 11 is 0. The minimum Gasteiger partial charge on any atom is -0.497 e. The van der Waals surface area contributed by atoms with Gasteiger partial charge in [0.15, 0.2) is 0 Å². The van der Waals surface area contributed by atoms with E-state index in [-0.39, 0.29) is 6.04 Å². The molecule has 4 heteroatoms. The third-order valence-electron chi connectivity index (χ3n) is 5.65. The Kier molecular flexibility index (Phi) is 5.63. The van der Waals surface area contributed by atoms with Gasteiger partial charge in [-0.1, -0.05) is 66.7 Å². The molecule has 4 nitrogen and oxygen atoms in total. The van der Waals surface area contributed by atoms with E-state index in [0.717, 1.165) is 35.4 Å². The van der Waals surface area contributed by atoms with Gasteiger partial charge in [0, 0.05) is 6.54 Å². The van der Waals surface area contributed by atoms with Gasteiger partial charge in [0.25, 0.3) is 0 Å². The zero-order chi connectivity index (χ0) is 20.2. The molecule has 1 saturated heterocycles. The van der Waals surface area contributed by atoms with Crippen molar-refractivity contribution in [2.45, 2.75) is 24.9 Å². The van der Waals surface area contributed by atoms with Crippen molar-refractivity contribution in [3.8, 4) is 16.9 Å². The SMILES string of the molecule is COc1cccc(C(c2ccc(-c3ccccc3)cc2)N2CCCC2C(=O)O)c1. The fourth-order valence-corrected chi connectivity index (χ4v) is 4.24. The van der Waals surface area contributed by atoms with Crippen LogP contribution in [0, 0.1) is 0 Å². The van der Waals surface area contributed by atoms with Crippen LogP contribution < -0.4 is 4.74 Å². The topological polar surface area (TPSA) is 49.8 Å². The molecule has 0 spiro atoms. The Bertz CT molecular complexity index is 969. The molecule has 1 fully saturated rings. The van der Waals surface area contributed by atoms with Crippen molar-refractivity contribution in [2.24, 2.45) is 0 Å². The van der Waals surface area contributed by atoms with Crippen molar-refractivity contribution >= 4 is 5.97 Å². The van der Waals surface area contributed by atoms with Crippen molar-refractivity contribution in [1.82, 2.24) is 4.90 Å². The molecule has 148 valence electrons. The number of benzene rings is 3. The maximum atomic E-state index is 11.9. The summed E-state index contributed by atoms with van der Waals surface area (Å²) in [6.45, 7) is 0.763. The van der Waals surface area contributed by atoms with Gasteiger partial charge in [0.1, 0.15) is 11.8 Å². The molecular weight excluding hydrogens is 362 g/mol. The Morgan fingerprint density at radius 3 is 2.38 bits per heavy atom. The van der Waals surface area contributed by atoms with Crippen LogP contribution in [0.5, 0.6) is 5.75 Å². The van der Waals surface area contributed by atoms with Crippen molar-refractivity contribution in [1.29, 1.82) is 0 Å². The van der Waals surface area contributed by atoms with E-state index in [1.807, 2.05) is 36.4 Å². The van der Waals surface area contributed by atoms with Crippen LogP contribution in [-0.2, 0) is 4.79 Å². The van der Waals surface area contributed by atoms with Crippen LogP contribution >= 0.6 is 0 Å². The molecule has 1 aliphatic heterocycles. The Hall–Kier alpha value is -3.11. The normalized spacial score (nSPS) is 17.8. The van der Waals surface area contributed by atoms with E-state index in [2.05, 4.69) is 47.4 Å². The number of hydrogen-bond donors (Lipinski definition) is 1. The molecule has 0 saturated carbocycles. The molecule has 3 aromatic rings. The Morgan fingerprint density at radius 1 is 0.966 bits per heavy atom. The van der Waals surface area contributed by atoms with E-state index < -0.39 is 12.0 Å². The highest BCUT2D eigenvalue weighted by Crippen LogP contribution is 2.36. The van der Waals surface area contributed by atoms with Crippen LogP contribution in [-0.4, -0.2) is 35.7 Å². The maximum absolute atomic E-state index is 11.9. The van der Waals surface area contributed by atoms with Crippen molar-refractivity contribution < 1.29 is 14.6 Å². The standard InChI is InChI=1S/C25H25NO3/c1-29-22-10-5-9-21(17-22)24(26-16-6-11-23(26)25(27)28)20-14-12-19(13-15-20)18-7-3-2-4-8-18/h2-5,7-10,12-15,17,23-24H,6,11,16H2,1H3,(H,27,28). The Balaban J connectivity index is 1.74. The van der Waals surface area contributed by atoms with Gasteiger partial charge in [-0.3, -0.25) is 9.69 Å². The van der Waals surface area contributed by atoms with Gasteiger partial charge >= 0.3 is 5.97 Å². The van der Waals surface area contributed by atoms with Crippen LogP contribution in [0.4, 0.5) is 0 Å². The summed E-state index contributed by atoms with van der Waals surface area (Å²) in [4.78, 5) is 14.0. The van der Waals surface area contributed by atoms with Crippen LogP contribution in [0.1, 0.15) is 30.0 Å². The average Bonchev–Trinajstić information content (AvgIpc) is 3.25.